The number of halogens is 1. The summed E-state index contributed by atoms with van der Waals surface area (Å²) >= 11 is 3.31. The monoisotopic (exact) mass is 247 g/mol. The van der Waals surface area contributed by atoms with Gasteiger partial charge in [-0.2, -0.15) is 0 Å². The van der Waals surface area contributed by atoms with Gasteiger partial charge in [-0.1, -0.05) is 29.8 Å². The van der Waals surface area contributed by atoms with Crippen molar-refractivity contribution in [2.24, 2.45) is 5.41 Å². The zero-order valence-corrected chi connectivity index (χ0v) is 10.2. The summed E-state index contributed by atoms with van der Waals surface area (Å²) in [6.45, 7) is 8.27. The summed E-state index contributed by atoms with van der Waals surface area (Å²) in [6, 6.07) is 0. The first-order valence-corrected chi connectivity index (χ1v) is 5.77. The molecule has 1 rings (SSSR count). The number of piperidine rings is 1. The third kappa shape index (κ3) is 2.97. The fraction of sp³-hybridized carbons (Fsp3) is 0.900. The Balaban J connectivity index is 2.46. The van der Waals surface area contributed by atoms with Crippen LogP contribution in [-0.2, 0) is 4.79 Å². The van der Waals surface area contributed by atoms with Gasteiger partial charge in [0, 0.05) is 13.1 Å². The van der Waals surface area contributed by atoms with Crippen molar-refractivity contribution in [2.45, 2.75) is 38.4 Å². The maximum atomic E-state index is 11.6. The highest BCUT2D eigenvalue weighted by Gasteiger charge is 2.28. The Morgan fingerprint density at radius 1 is 1.38 bits per heavy atom. The number of likely N-dealkylation sites (tertiary alicyclic amines) is 1. The number of alkyl halides is 1. The molecule has 13 heavy (non-hydrogen) atoms. The number of hydrogen-bond donors (Lipinski definition) is 0. The Morgan fingerprint density at radius 2 is 1.85 bits per heavy atom. The lowest BCUT2D eigenvalue weighted by Crippen LogP contribution is -2.43. The summed E-state index contributed by atoms with van der Waals surface area (Å²) in [4.78, 5) is 13.5. The second kappa shape index (κ2) is 3.99. The van der Waals surface area contributed by atoms with Crippen molar-refractivity contribution in [3.05, 3.63) is 0 Å². The molecule has 0 aromatic carbocycles. The highest BCUT2D eigenvalue weighted by molar-refractivity contribution is 9.10. The largest absolute Gasteiger partial charge is 0.342 e. The van der Waals surface area contributed by atoms with Crippen molar-refractivity contribution in [3.8, 4) is 0 Å². The summed E-state index contributed by atoms with van der Waals surface area (Å²) in [5, 5.41) is 0. The lowest BCUT2D eigenvalue weighted by molar-refractivity contribution is -0.132. The summed E-state index contributed by atoms with van der Waals surface area (Å²) in [5.74, 6) is 0.232. The van der Waals surface area contributed by atoms with Crippen LogP contribution in [-0.4, -0.2) is 28.7 Å². The van der Waals surface area contributed by atoms with Crippen LogP contribution in [0.4, 0.5) is 0 Å². The molecule has 1 heterocycles. The van der Waals surface area contributed by atoms with Gasteiger partial charge in [-0.15, -0.1) is 0 Å². The molecule has 1 aliphatic rings. The summed E-state index contributed by atoms with van der Waals surface area (Å²) < 4.78 is 0. The molecule has 3 heteroatoms. The molecule has 1 atom stereocenters. The molecule has 0 spiro atoms. The fourth-order valence-corrected chi connectivity index (χ4v) is 1.87. The Kier molecular flexibility index (Phi) is 3.38. The Morgan fingerprint density at radius 3 is 2.23 bits per heavy atom. The molecular formula is C10H18BrNO. The average Bonchev–Trinajstić information content (AvgIpc) is 2.03. The van der Waals surface area contributed by atoms with E-state index < -0.39 is 0 Å². The first-order chi connectivity index (χ1) is 5.92. The van der Waals surface area contributed by atoms with E-state index >= 15 is 0 Å². The maximum absolute atomic E-state index is 11.6. The van der Waals surface area contributed by atoms with Crippen molar-refractivity contribution in [3.63, 3.8) is 0 Å². The molecule has 0 radical (unpaired) electrons. The highest BCUT2D eigenvalue weighted by atomic mass is 79.9. The van der Waals surface area contributed by atoms with Gasteiger partial charge in [0.05, 0.1) is 4.83 Å². The smallest absolute Gasteiger partial charge is 0.236 e. The van der Waals surface area contributed by atoms with Crippen LogP contribution in [0.1, 0.15) is 33.6 Å². The van der Waals surface area contributed by atoms with Crippen LogP contribution in [0.2, 0.25) is 0 Å². The third-order valence-corrected chi connectivity index (χ3v) is 3.16. The van der Waals surface area contributed by atoms with Crippen LogP contribution in [0.25, 0.3) is 0 Å². The number of rotatable bonds is 1. The van der Waals surface area contributed by atoms with Gasteiger partial charge >= 0.3 is 0 Å². The summed E-state index contributed by atoms with van der Waals surface area (Å²) in [5.41, 5.74) is 0.423. The molecule has 1 aliphatic heterocycles. The van der Waals surface area contributed by atoms with Crippen molar-refractivity contribution >= 4 is 21.8 Å². The number of carbonyl (C=O) groups excluding carboxylic acids is 1. The minimum Gasteiger partial charge on any atom is -0.342 e. The molecule has 0 N–H and O–H groups in total. The molecule has 0 saturated carbocycles. The number of hydrogen-bond acceptors (Lipinski definition) is 1. The van der Waals surface area contributed by atoms with E-state index in [4.69, 9.17) is 0 Å². The second-order valence-electron chi connectivity index (χ2n) is 4.61. The maximum Gasteiger partial charge on any atom is 0.236 e. The second-order valence-corrected chi connectivity index (χ2v) is 5.98. The summed E-state index contributed by atoms with van der Waals surface area (Å²) in [6.07, 6.45) is 2.25. The van der Waals surface area contributed by atoms with E-state index in [9.17, 15) is 4.79 Å². The van der Waals surface area contributed by atoms with Gasteiger partial charge in [0.25, 0.3) is 0 Å². The minimum absolute atomic E-state index is 0.0336. The molecule has 0 aromatic rings. The van der Waals surface area contributed by atoms with Crippen LogP contribution >= 0.6 is 15.9 Å². The van der Waals surface area contributed by atoms with Crippen LogP contribution in [0.3, 0.4) is 0 Å². The van der Waals surface area contributed by atoms with Crippen LogP contribution in [0.15, 0.2) is 0 Å². The third-order valence-electron chi connectivity index (χ3n) is 2.77. The molecule has 76 valence electrons. The highest BCUT2D eigenvalue weighted by Crippen LogP contribution is 2.30. The molecular weight excluding hydrogens is 230 g/mol. The molecule has 1 saturated heterocycles. The van der Waals surface area contributed by atoms with E-state index in [1.807, 2.05) is 11.8 Å². The summed E-state index contributed by atoms with van der Waals surface area (Å²) in [7, 11) is 0. The van der Waals surface area contributed by atoms with Gasteiger partial charge in [-0.05, 0) is 25.2 Å². The van der Waals surface area contributed by atoms with Crippen LogP contribution in [0.5, 0.6) is 0 Å². The number of amides is 1. The van der Waals surface area contributed by atoms with Gasteiger partial charge in [-0.25, -0.2) is 0 Å². The van der Waals surface area contributed by atoms with Gasteiger partial charge < -0.3 is 4.90 Å². The number of nitrogens with zero attached hydrogens (tertiary/aromatic N) is 1. The molecule has 0 aliphatic carbocycles. The zero-order chi connectivity index (χ0) is 10.1. The molecule has 0 bridgehead atoms. The van der Waals surface area contributed by atoms with Crippen molar-refractivity contribution < 1.29 is 4.79 Å². The quantitative estimate of drug-likeness (QED) is 0.652. The standard InChI is InChI=1S/C10H18BrNO/c1-8(11)9(13)12-6-4-10(2,3)5-7-12/h8H,4-7H2,1-3H3. The normalized spacial score (nSPS) is 24.2. The Hall–Kier alpha value is -0.0500. The predicted octanol–water partition coefficient (Wildman–Crippen LogP) is 2.42. The molecule has 1 unspecified atom stereocenters. The average molecular weight is 248 g/mol. The topological polar surface area (TPSA) is 20.3 Å². The van der Waals surface area contributed by atoms with E-state index in [1.165, 1.54) is 0 Å². The van der Waals surface area contributed by atoms with Gasteiger partial charge in [0.2, 0.25) is 5.91 Å². The van der Waals surface area contributed by atoms with E-state index in [1.54, 1.807) is 0 Å². The molecule has 1 fully saturated rings. The first-order valence-electron chi connectivity index (χ1n) is 4.85. The van der Waals surface area contributed by atoms with Crippen LogP contribution in [0, 0.1) is 5.41 Å². The minimum atomic E-state index is -0.0336. The lowest BCUT2D eigenvalue weighted by atomic mass is 9.82. The van der Waals surface area contributed by atoms with Gasteiger partial charge in [0.15, 0.2) is 0 Å². The number of carbonyl (C=O) groups is 1. The van der Waals surface area contributed by atoms with E-state index in [2.05, 4.69) is 29.8 Å². The van der Waals surface area contributed by atoms with E-state index in [0.29, 0.717) is 5.41 Å². The van der Waals surface area contributed by atoms with Gasteiger partial charge in [0.1, 0.15) is 0 Å². The van der Waals surface area contributed by atoms with Crippen molar-refractivity contribution in [1.29, 1.82) is 0 Å². The van der Waals surface area contributed by atoms with Crippen molar-refractivity contribution in [1.82, 2.24) is 4.90 Å². The molecule has 1 amide bonds. The fourth-order valence-electron chi connectivity index (χ4n) is 1.58. The van der Waals surface area contributed by atoms with Gasteiger partial charge in [-0.3, -0.25) is 4.79 Å². The Labute approximate surface area is 88.8 Å². The zero-order valence-electron chi connectivity index (χ0n) is 8.64. The lowest BCUT2D eigenvalue weighted by Gasteiger charge is -2.37. The van der Waals surface area contributed by atoms with E-state index in [0.717, 1.165) is 25.9 Å². The predicted molar refractivity (Wildman–Crippen MR) is 58.0 cm³/mol. The Bertz CT molecular complexity index is 191. The molecule has 0 aromatic heterocycles. The van der Waals surface area contributed by atoms with E-state index in [-0.39, 0.29) is 10.7 Å². The van der Waals surface area contributed by atoms with Crippen LogP contribution < -0.4 is 0 Å². The molecule has 2 nitrogen and oxygen atoms in total. The van der Waals surface area contributed by atoms with Crippen molar-refractivity contribution in [2.75, 3.05) is 13.1 Å². The SMILES string of the molecule is CC(Br)C(=O)N1CCC(C)(C)CC1. The first kappa shape index (κ1) is 11.0.